The fourth-order valence-corrected chi connectivity index (χ4v) is 3.90. The predicted molar refractivity (Wildman–Crippen MR) is 79.9 cm³/mol. The normalized spacial score (nSPS) is 12.1. The van der Waals surface area contributed by atoms with Gasteiger partial charge in [0, 0.05) is 6.54 Å². The molecule has 0 aliphatic heterocycles. The van der Waals surface area contributed by atoms with Gasteiger partial charge in [-0.1, -0.05) is 31.5 Å². The molecule has 0 fully saturated rings. The molecule has 0 unspecified atom stereocenters. The first kappa shape index (κ1) is 16.2. The van der Waals surface area contributed by atoms with Crippen LogP contribution in [0.15, 0.2) is 17.0 Å². The van der Waals surface area contributed by atoms with Gasteiger partial charge in [-0.3, -0.25) is 0 Å². The SMILES string of the molecule is Cc1cc(C)c(S(=O)(=O)NCCCC(C)C)c(C)c1. The lowest BCUT2D eigenvalue weighted by Gasteiger charge is -2.13. The maximum Gasteiger partial charge on any atom is 0.241 e. The number of sulfonamides is 1. The molecule has 0 aromatic heterocycles. The highest BCUT2D eigenvalue weighted by molar-refractivity contribution is 7.89. The van der Waals surface area contributed by atoms with Gasteiger partial charge in [-0.15, -0.1) is 0 Å². The van der Waals surface area contributed by atoms with Crippen LogP contribution in [0.25, 0.3) is 0 Å². The summed E-state index contributed by atoms with van der Waals surface area (Å²) in [5.41, 5.74) is 2.72. The average Bonchev–Trinajstić information content (AvgIpc) is 2.22. The topological polar surface area (TPSA) is 46.2 Å². The molecule has 0 heterocycles. The van der Waals surface area contributed by atoms with E-state index in [1.165, 1.54) is 0 Å². The van der Waals surface area contributed by atoms with Crippen molar-refractivity contribution < 1.29 is 8.42 Å². The first-order chi connectivity index (χ1) is 8.74. The number of nitrogens with one attached hydrogen (secondary N) is 1. The fraction of sp³-hybridized carbons (Fsp3) is 0.600. The quantitative estimate of drug-likeness (QED) is 0.814. The van der Waals surface area contributed by atoms with Crippen molar-refractivity contribution in [2.75, 3.05) is 6.54 Å². The van der Waals surface area contributed by atoms with Crippen molar-refractivity contribution in [3.05, 3.63) is 28.8 Å². The average molecular weight is 283 g/mol. The summed E-state index contributed by atoms with van der Waals surface area (Å²) in [5, 5.41) is 0. The number of hydrogen-bond donors (Lipinski definition) is 1. The van der Waals surface area contributed by atoms with Crippen LogP contribution >= 0.6 is 0 Å². The Bertz CT molecular complexity index is 510. The van der Waals surface area contributed by atoms with Crippen molar-refractivity contribution in [1.82, 2.24) is 4.72 Å². The molecule has 0 aliphatic rings. The van der Waals surface area contributed by atoms with Crippen LogP contribution in [0, 0.1) is 26.7 Å². The maximum absolute atomic E-state index is 12.3. The second kappa shape index (κ2) is 6.53. The van der Waals surface area contributed by atoms with Crippen LogP contribution < -0.4 is 4.72 Å². The number of benzene rings is 1. The molecule has 4 heteroatoms. The monoisotopic (exact) mass is 283 g/mol. The van der Waals surface area contributed by atoms with Gasteiger partial charge in [-0.05, 0) is 50.7 Å². The van der Waals surface area contributed by atoms with Gasteiger partial charge in [0.25, 0.3) is 0 Å². The molecule has 1 N–H and O–H groups in total. The molecule has 19 heavy (non-hydrogen) atoms. The minimum atomic E-state index is -3.39. The van der Waals surface area contributed by atoms with Crippen LogP contribution in [0.2, 0.25) is 0 Å². The highest BCUT2D eigenvalue weighted by Crippen LogP contribution is 2.21. The Morgan fingerprint density at radius 3 is 2.11 bits per heavy atom. The van der Waals surface area contributed by atoms with E-state index in [-0.39, 0.29) is 0 Å². The molecule has 1 aromatic rings. The van der Waals surface area contributed by atoms with Crippen LogP contribution in [0.4, 0.5) is 0 Å². The predicted octanol–water partition coefficient (Wildman–Crippen LogP) is 3.33. The molecule has 0 saturated heterocycles. The largest absolute Gasteiger partial charge is 0.241 e. The minimum Gasteiger partial charge on any atom is -0.211 e. The Morgan fingerprint density at radius 2 is 1.63 bits per heavy atom. The molecule has 0 radical (unpaired) electrons. The van der Waals surface area contributed by atoms with Crippen LogP contribution in [-0.4, -0.2) is 15.0 Å². The Kier molecular flexibility index (Phi) is 5.56. The zero-order valence-corrected chi connectivity index (χ0v) is 13.4. The summed E-state index contributed by atoms with van der Waals surface area (Å²) in [6.07, 6.45) is 1.91. The molecular formula is C15H25NO2S. The third-order valence-corrected chi connectivity index (χ3v) is 4.89. The molecule has 1 rings (SSSR count). The van der Waals surface area contributed by atoms with Crippen molar-refractivity contribution >= 4 is 10.0 Å². The van der Waals surface area contributed by atoms with Crippen LogP contribution in [0.5, 0.6) is 0 Å². The Morgan fingerprint density at radius 1 is 1.11 bits per heavy atom. The van der Waals surface area contributed by atoms with E-state index in [0.29, 0.717) is 17.4 Å². The molecule has 0 atom stereocenters. The zero-order valence-electron chi connectivity index (χ0n) is 12.6. The summed E-state index contributed by atoms with van der Waals surface area (Å²) in [6, 6.07) is 3.82. The second-order valence-electron chi connectivity index (χ2n) is 5.66. The lowest BCUT2D eigenvalue weighted by Crippen LogP contribution is -2.26. The standard InChI is InChI=1S/C15H25NO2S/c1-11(2)7-6-8-16-19(17,18)15-13(4)9-12(3)10-14(15)5/h9-11,16H,6-8H2,1-5H3. The van der Waals surface area contributed by atoms with Gasteiger partial charge in [0.1, 0.15) is 0 Å². The molecular weight excluding hydrogens is 258 g/mol. The highest BCUT2D eigenvalue weighted by Gasteiger charge is 2.19. The van der Waals surface area contributed by atoms with Gasteiger partial charge in [-0.25, -0.2) is 13.1 Å². The van der Waals surface area contributed by atoms with Gasteiger partial charge in [0.15, 0.2) is 0 Å². The molecule has 3 nitrogen and oxygen atoms in total. The summed E-state index contributed by atoms with van der Waals surface area (Å²) in [6.45, 7) is 10.5. The number of rotatable bonds is 6. The van der Waals surface area contributed by atoms with Crippen LogP contribution in [0.3, 0.4) is 0 Å². The third kappa shape index (κ3) is 4.62. The Labute approximate surface area is 117 Å². The maximum atomic E-state index is 12.3. The zero-order chi connectivity index (χ0) is 14.6. The molecule has 0 spiro atoms. The first-order valence-corrected chi connectivity index (χ1v) is 8.30. The van der Waals surface area contributed by atoms with Gasteiger partial charge < -0.3 is 0 Å². The Balaban J connectivity index is 2.84. The molecule has 0 saturated carbocycles. The van der Waals surface area contributed by atoms with Crippen LogP contribution in [0.1, 0.15) is 43.4 Å². The molecule has 1 aromatic carbocycles. The third-order valence-electron chi connectivity index (χ3n) is 3.12. The summed E-state index contributed by atoms with van der Waals surface area (Å²) < 4.78 is 27.3. The summed E-state index contributed by atoms with van der Waals surface area (Å²) >= 11 is 0. The van der Waals surface area contributed by atoms with Crippen molar-refractivity contribution in [3.63, 3.8) is 0 Å². The van der Waals surface area contributed by atoms with E-state index in [9.17, 15) is 8.42 Å². The molecule has 108 valence electrons. The molecule has 0 aliphatic carbocycles. The fourth-order valence-electron chi connectivity index (χ4n) is 2.38. The van der Waals surface area contributed by atoms with Gasteiger partial charge in [0.05, 0.1) is 4.90 Å². The summed E-state index contributed by atoms with van der Waals surface area (Å²) in [5.74, 6) is 0.604. The number of hydrogen-bond acceptors (Lipinski definition) is 2. The van der Waals surface area contributed by atoms with E-state index in [4.69, 9.17) is 0 Å². The smallest absolute Gasteiger partial charge is 0.211 e. The summed E-state index contributed by atoms with van der Waals surface area (Å²) in [4.78, 5) is 0.433. The lowest BCUT2D eigenvalue weighted by atomic mass is 10.1. The van der Waals surface area contributed by atoms with E-state index in [2.05, 4.69) is 18.6 Å². The number of aryl methyl sites for hydroxylation is 3. The van der Waals surface area contributed by atoms with Crippen LogP contribution in [-0.2, 0) is 10.0 Å². The molecule has 0 amide bonds. The molecule has 0 bridgehead atoms. The second-order valence-corrected chi connectivity index (χ2v) is 7.37. The minimum absolute atomic E-state index is 0.433. The van der Waals surface area contributed by atoms with Crippen molar-refractivity contribution in [3.8, 4) is 0 Å². The summed E-state index contributed by atoms with van der Waals surface area (Å²) in [7, 11) is -3.39. The van der Waals surface area contributed by atoms with Crippen molar-refractivity contribution in [2.45, 2.75) is 52.4 Å². The Hall–Kier alpha value is -0.870. The van der Waals surface area contributed by atoms with Crippen molar-refractivity contribution in [1.29, 1.82) is 0 Å². The van der Waals surface area contributed by atoms with E-state index < -0.39 is 10.0 Å². The van der Waals surface area contributed by atoms with E-state index in [1.54, 1.807) is 0 Å². The van der Waals surface area contributed by atoms with E-state index in [1.807, 2.05) is 32.9 Å². The lowest BCUT2D eigenvalue weighted by molar-refractivity contribution is 0.539. The first-order valence-electron chi connectivity index (χ1n) is 6.81. The van der Waals surface area contributed by atoms with Gasteiger partial charge in [0.2, 0.25) is 10.0 Å². The highest BCUT2D eigenvalue weighted by atomic mass is 32.2. The van der Waals surface area contributed by atoms with Gasteiger partial charge >= 0.3 is 0 Å². The van der Waals surface area contributed by atoms with Crippen molar-refractivity contribution in [2.24, 2.45) is 5.92 Å². The van der Waals surface area contributed by atoms with E-state index >= 15 is 0 Å². The van der Waals surface area contributed by atoms with Gasteiger partial charge in [-0.2, -0.15) is 0 Å². The van der Waals surface area contributed by atoms with E-state index in [0.717, 1.165) is 29.5 Å².